The Morgan fingerprint density at radius 2 is 1.52 bits per heavy atom. The summed E-state index contributed by atoms with van der Waals surface area (Å²) in [7, 11) is 0. The largest absolute Gasteiger partial charge is 0.364 e. The first-order chi connectivity index (χ1) is 14.1. The number of fused-ring (bicyclic) bond motifs is 1. The first kappa shape index (κ1) is 17.2. The Morgan fingerprint density at radius 1 is 0.862 bits per heavy atom. The van der Waals surface area contributed by atoms with Gasteiger partial charge in [0.25, 0.3) is 0 Å². The molecule has 0 saturated heterocycles. The summed E-state index contributed by atoms with van der Waals surface area (Å²) in [6.07, 6.45) is 6.87. The fourth-order valence-electron chi connectivity index (χ4n) is 6.14. The molecule has 4 aliphatic rings. The van der Waals surface area contributed by atoms with Crippen LogP contribution in [0.1, 0.15) is 43.2 Å². The number of aryl methyl sites for hydroxylation is 2. The van der Waals surface area contributed by atoms with E-state index >= 15 is 0 Å². The highest BCUT2D eigenvalue weighted by Gasteiger charge is 2.48. The predicted octanol–water partition coefficient (Wildman–Crippen LogP) is 4.61. The number of nitrogens with zero attached hydrogens (tertiary/aromatic N) is 4. The minimum absolute atomic E-state index is 0.424. The van der Waals surface area contributed by atoms with E-state index < -0.39 is 0 Å². The number of hydrogen-bond acceptors (Lipinski definition) is 7. The van der Waals surface area contributed by atoms with Gasteiger partial charge in [0.1, 0.15) is 0 Å². The van der Waals surface area contributed by atoms with Crippen molar-refractivity contribution >= 4 is 28.6 Å². The molecule has 7 heteroatoms. The SMILES string of the molecule is Cc1ccc(C)c(Nc2nc3nonc3nc2NC2C3CC4CC(C3)CC2C4)c1. The van der Waals surface area contributed by atoms with E-state index in [4.69, 9.17) is 9.61 Å². The summed E-state index contributed by atoms with van der Waals surface area (Å²) >= 11 is 0. The lowest BCUT2D eigenvalue weighted by Gasteiger charge is -2.54. The quantitative estimate of drug-likeness (QED) is 0.672. The van der Waals surface area contributed by atoms with Gasteiger partial charge in [0, 0.05) is 11.7 Å². The van der Waals surface area contributed by atoms with Crippen molar-refractivity contribution in [3.63, 3.8) is 0 Å². The van der Waals surface area contributed by atoms with Gasteiger partial charge in [-0.25, -0.2) is 14.6 Å². The summed E-state index contributed by atoms with van der Waals surface area (Å²) in [6.45, 7) is 4.19. The van der Waals surface area contributed by atoms with E-state index in [1.807, 2.05) is 0 Å². The van der Waals surface area contributed by atoms with Gasteiger partial charge in [-0.05, 0) is 97.1 Å². The van der Waals surface area contributed by atoms with Crippen molar-refractivity contribution in [2.45, 2.75) is 52.0 Å². The second-order valence-corrected chi connectivity index (χ2v) is 9.38. The van der Waals surface area contributed by atoms with Crippen LogP contribution in [0.5, 0.6) is 0 Å². The molecule has 0 amide bonds. The van der Waals surface area contributed by atoms with Crippen LogP contribution in [0.25, 0.3) is 11.3 Å². The molecule has 29 heavy (non-hydrogen) atoms. The van der Waals surface area contributed by atoms with Crippen molar-refractivity contribution in [3.05, 3.63) is 29.3 Å². The molecule has 0 radical (unpaired) electrons. The molecule has 0 aliphatic heterocycles. The summed E-state index contributed by atoms with van der Waals surface area (Å²) in [5, 5.41) is 15.1. The average molecular weight is 390 g/mol. The summed E-state index contributed by atoms with van der Waals surface area (Å²) in [6, 6.07) is 6.83. The smallest absolute Gasteiger partial charge is 0.245 e. The monoisotopic (exact) mass is 390 g/mol. The molecule has 7 nitrogen and oxygen atoms in total. The van der Waals surface area contributed by atoms with E-state index in [-0.39, 0.29) is 0 Å². The Bertz CT molecular complexity index is 1050. The second kappa shape index (κ2) is 6.40. The van der Waals surface area contributed by atoms with Crippen molar-refractivity contribution < 1.29 is 4.63 Å². The molecule has 4 bridgehead atoms. The standard InChI is InChI=1S/C22H26N6O/c1-11-3-4-12(2)17(5-11)23-19-20(26-22-21(25-19)27-29-28-22)24-18-15-7-13-6-14(9-15)10-16(18)8-13/h3-5,13-16,18H,6-10H2,1-2H3,(H,23,25,27)(H,24,26,28). The van der Waals surface area contributed by atoms with Crippen LogP contribution in [0.2, 0.25) is 0 Å². The Morgan fingerprint density at radius 3 is 2.21 bits per heavy atom. The Balaban J connectivity index is 1.36. The Kier molecular flexibility index (Phi) is 3.79. The van der Waals surface area contributed by atoms with E-state index in [1.165, 1.54) is 37.7 Å². The minimum atomic E-state index is 0.424. The van der Waals surface area contributed by atoms with Crippen molar-refractivity contribution in [2.75, 3.05) is 10.6 Å². The van der Waals surface area contributed by atoms with Gasteiger partial charge >= 0.3 is 0 Å². The summed E-state index contributed by atoms with van der Waals surface area (Å²) in [5.74, 6) is 4.82. The normalized spacial score (nSPS) is 30.1. The van der Waals surface area contributed by atoms with Crippen LogP contribution in [0.15, 0.2) is 22.8 Å². The Hall–Kier alpha value is -2.70. The predicted molar refractivity (Wildman–Crippen MR) is 111 cm³/mol. The summed E-state index contributed by atoms with van der Waals surface area (Å²) in [5.41, 5.74) is 4.27. The molecule has 2 heterocycles. The lowest BCUT2D eigenvalue weighted by atomic mass is 9.54. The molecule has 0 spiro atoms. The van der Waals surface area contributed by atoms with Gasteiger partial charge in [0.15, 0.2) is 11.6 Å². The maximum absolute atomic E-state index is 4.87. The van der Waals surface area contributed by atoms with Crippen LogP contribution in [0.3, 0.4) is 0 Å². The molecule has 150 valence electrons. The maximum atomic E-state index is 4.87. The van der Waals surface area contributed by atoms with Crippen molar-refractivity contribution in [1.29, 1.82) is 0 Å². The summed E-state index contributed by atoms with van der Waals surface area (Å²) < 4.78 is 4.87. The highest BCUT2D eigenvalue weighted by atomic mass is 16.6. The molecule has 2 aromatic heterocycles. The van der Waals surface area contributed by atoms with E-state index in [2.05, 4.69) is 58.0 Å². The zero-order valence-corrected chi connectivity index (χ0v) is 16.9. The first-order valence-corrected chi connectivity index (χ1v) is 10.7. The molecule has 2 N–H and O–H groups in total. The van der Waals surface area contributed by atoms with E-state index in [9.17, 15) is 0 Å². The van der Waals surface area contributed by atoms with Crippen molar-refractivity contribution in [2.24, 2.45) is 23.7 Å². The lowest BCUT2D eigenvalue weighted by molar-refractivity contribution is 0.00744. The van der Waals surface area contributed by atoms with Gasteiger partial charge in [0.2, 0.25) is 11.3 Å². The number of aromatic nitrogens is 4. The van der Waals surface area contributed by atoms with Gasteiger partial charge in [-0.1, -0.05) is 12.1 Å². The third-order valence-electron chi connectivity index (χ3n) is 7.29. The van der Waals surface area contributed by atoms with Crippen LogP contribution in [0, 0.1) is 37.5 Å². The highest BCUT2D eigenvalue weighted by molar-refractivity contribution is 5.77. The fraction of sp³-hybridized carbons (Fsp3) is 0.545. The van der Waals surface area contributed by atoms with Crippen molar-refractivity contribution in [3.8, 4) is 0 Å². The number of nitrogens with one attached hydrogen (secondary N) is 2. The number of anilines is 3. The molecular formula is C22H26N6O. The number of benzene rings is 1. The van der Waals surface area contributed by atoms with Crippen LogP contribution in [-0.2, 0) is 0 Å². The van der Waals surface area contributed by atoms with Crippen LogP contribution >= 0.6 is 0 Å². The molecule has 7 rings (SSSR count). The number of rotatable bonds is 4. The molecule has 1 aromatic carbocycles. The lowest BCUT2D eigenvalue weighted by Crippen LogP contribution is -2.51. The maximum Gasteiger partial charge on any atom is 0.245 e. The van der Waals surface area contributed by atoms with Gasteiger partial charge in [0.05, 0.1) is 0 Å². The molecule has 0 unspecified atom stereocenters. The molecule has 4 aliphatic carbocycles. The highest BCUT2D eigenvalue weighted by Crippen LogP contribution is 2.54. The first-order valence-electron chi connectivity index (χ1n) is 10.7. The topological polar surface area (TPSA) is 88.8 Å². The van der Waals surface area contributed by atoms with Crippen LogP contribution in [0.4, 0.5) is 17.3 Å². The van der Waals surface area contributed by atoms with Gasteiger partial charge in [-0.15, -0.1) is 0 Å². The van der Waals surface area contributed by atoms with Crippen LogP contribution < -0.4 is 10.6 Å². The van der Waals surface area contributed by atoms with Crippen molar-refractivity contribution in [1.82, 2.24) is 20.3 Å². The molecule has 3 aromatic rings. The van der Waals surface area contributed by atoms with Crippen LogP contribution in [-0.4, -0.2) is 26.3 Å². The second-order valence-electron chi connectivity index (χ2n) is 9.38. The Labute approximate surface area is 169 Å². The third kappa shape index (κ3) is 2.94. The third-order valence-corrected chi connectivity index (χ3v) is 7.29. The average Bonchev–Trinajstić information content (AvgIpc) is 3.14. The molecule has 0 atom stereocenters. The van der Waals surface area contributed by atoms with Gasteiger partial charge in [-0.2, -0.15) is 0 Å². The number of hydrogen-bond donors (Lipinski definition) is 2. The zero-order valence-electron chi connectivity index (χ0n) is 16.9. The molecule has 4 saturated carbocycles. The van der Waals surface area contributed by atoms with E-state index in [0.717, 1.165) is 40.7 Å². The molecule has 4 fully saturated rings. The van der Waals surface area contributed by atoms with E-state index in [0.29, 0.717) is 23.2 Å². The zero-order chi connectivity index (χ0) is 19.5. The van der Waals surface area contributed by atoms with Gasteiger partial charge in [-0.3, -0.25) is 0 Å². The molecular weight excluding hydrogens is 364 g/mol. The summed E-state index contributed by atoms with van der Waals surface area (Å²) in [4.78, 5) is 9.41. The van der Waals surface area contributed by atoms with E-state index in [1.54, 1.807) is 0 Å². The fourth-order valence-corrected chi connectivity index (χ4v) is 6.14. The van der Waals surface area contributed by atoms with Gasteiger partial charge < -0.3 is 10.6 Å². The minimum Gasteiger partial charge on any atom is -0.364 e.